The van der Waals surface area contributed by atoms with Gasteiger partial charge in [-0.3, -0.25) is 9.59 Å². The molecule has 0 unspecified atom stereocenters. The van der Waals surface area contributed by atoms with Crippen molar-refractivity contribution in [1.29, 1.82) is 0 Å². The van der Waals surface area contributed by atoms with E-state index in [2.05, 4.69) is 20.4 Å². The summed E-state index contributed by atoms with van der Waals surface area (Å²) < 4.78 is 20.1. The lowest BCUT2D eigenvalue weighted by Crippen LogP contribution is -2.14. The van der Waals surface area contributed by atoms with E-state index in [1.807, 2.05) is 27.7 Å². The molecule has 33 heavy (non-hydrogen) atoms. The number of nitrogens with zero attached hydrogens (tertiary/aromatic N) is 3. The van der Waals surface area contributed by atoms with Crippen molar-refractivity contribution < 1.29 is 18.5 Å². The smallest absolute Gasteiger partial charge is 0.238 e. The number of hydrogen-bond donors (Lipinski definition) is 1. The molecule has 0 saturated heterocycles. The van der Waals surface area contributed by atoms with E-state index in [0.717, 1.165) is 24.0 Å². The number of pyridine rings is 1. The maximum Gasteiger partial charge on any atom is 0.238 e. The van der Waals surface area contributed by atoms with Crippen LogP contribution in [0.1, 0.15) is 67.7 Å². The third-order valence-electron chi connectivity index (χ3n) is 5.60. The quantitative estimate of drug-likeness (QED) is 0.507. The molecule has 0 aliphatic heterocycles. The Morgan fingerprint density at radius 3 is 2.64 bits per heavy atom. The number of carbonyl (C=O) groups is 2. The summed E-state index contributed by atoms with van der Waals surface area (Å²) in [4.78, 5) is 32.9. The zero-order valence-corrected chi connectivity index (χ0v) is 19.2. The highest BCUT2D eigenvalue weighted by atomic mass is 19.1. The molecule has 1 aliphatic rings. The molecule has 1 saturated carbocycles. The fourth-order valence-electron chi connectivity index (χ4n) is 3.49. The number of nitrogens with one attached hydrogen (secondary N) is 1. The van der Waals surface area contributed by atoms with E-state index in [4.69, 9.17) is 4.52 Å². The van der Waals surface area contributed by atoms with Gasteiger partial charge in [0, 0.05) is 24.0 Å². The summed E-state index contributed by atoms with van der Waals surface area (Å²) in [5.74, 6) is 0.220. The molecule has 1 fully saturated rings. The first-order valence-electron chi connectivity index (χ1n) is 11.1. The van der Waals surface area contributed by atoms with Gasteiger partial charge in [0.2, 0.25) is 23.4 Å². The van der Waals surface area contributed by atoms with Crippen LogP contribution in [0.15, 0.2) is 35.0 Å². The lowest BCUT2D eigenvalue weighted by Gasteiger charge is -2.12. The second kappa shape index (κ2) is 8.84. The molecule has 2 heterocycles. The molecule has 3 aromatic rings. The molecule has 4 rings (SSSR count). The second-order valence-electron chi connectivity index (χ2n) is 9.55. The van der Waals surface area contributed by atoms with Crippen molar-refractivity contribution in [3.8, 4) is 11.1 Å². The Bertz CT molecular complexity index is 1210. The molecule has 0 radical (unpaired) electrons. The van der Waals surface area contributed by atoms with Gasteiger partial charge in [0.25, 0.3) is 0 Å². The van der Waals surface area contributed by atoms with Gasteiger partial charge in [0.1, 0.15) is 11.6 Å². The van der Waals surface area contributed by atoms with E-state index in [0.29, 0.717) is 22.8 Å². The van der Waals surface area contributed by atoms with Crippen molar-refractivity contribution in [2.75, 3.05) is 5.32 Å². The van der Waals surface area contributed by atoms with E-state index in [1.54, 1.807) is 24.4 Å². The van der Waals surface area contributed by atoms with Gasteiger partial charge >= 0.3 is 0 Å². The van der Waals surface area contributed by atoms with Crippen LogP contribution >= 0.6 is 0 Å². The summed E-state index contributed by atoms with van der Waals surface area (Å²) in [6, 6.07) is 6.73. The van der Waals surface area contributed by atoms with Crippen LogP contribution in [0.5, 0.6) is 0 Å². The summed E-state index contributed by atoms with van der Waals surface area (Å²) >= 11 is 0. The second-order valence-corrected chi connectivity index (χ2v) is 9.55. The molecular formula is C25H27FN4O3. The minimum atomic E-state index is -0.396. The van der Waals surface area contributed by atoms with Crippen LogP contribution in [0.2, 0.25) is 0 Å². The van der Waals surface area contributed by atoms with E-state index in [1.165, 1.54) is 6.07 Å². The number of rotatable bonds is 7. The highest BCUT2D eigenvalue weighted by Gasteiger charge is 2.30. The number of hydrogen-bond acceptors (Lipinski definition) is 6. The van der Waals surface area contributed by atoms with E-state index >= 15 is 0 Å². The molecule has 1 aromatic carbocycles. The minimum absolute atomic E-state index is 0.0197. The molecule has 2 aromatic heterocycles. The lowest BCUT2D eigenvalue weighted by molar-refractivity contribution is -0.117. The summed E-state index contributed by atoms with van der Waals surface area (Å²) in [5, 5.41) is 6.58. The van der Waals surface area contributed by atoms with Crippen LogP contribution in [0.3, 0.4) is 0 Å². The van der Waals surface area contributed by atoms with Crippen LogP contribution in [0.4, 0.5) is 10.2 Å². The van der Waals surface area contributed by atoms with Crippen LogP contribution in [0, 0.1) is 18.7 Å². The molecule has 1 aliphatic carbocycles. The number of carbonyl (C=O) groups excluding carboxylic acids is 2. The fraction of sp³-hybridized carbons (Fsp3) is 0.400. The normalized spacial score (nSPS) is 13.7. The third-order valence-corrected chi connectivity index (χ3v) is 5.60. The summed E-state index contributed by atoms with van der Waals surface area (Å²) in [7, 11) is 0. The van der Waals surface area contributed by atoms with Crippen LogP contribution < -0.4 is 5.32 Å². The van der Waals surface area contributed by atoms with Gasteiger partial charge in [-0.25, -0.2) is 9.37 Å². The first kappa shape index (κ1) is 22.8. The molecule has 1 amide bonds. The van der Waals surface area contributed by atoms with Crippen molar-refractivity contribution in [2.24, 2.45) is 5.92 Å². The highest BCUT2D eigenvalue weighted by molar-refractivity contribution is 5.94. The Kier molecular flexibility index (Phi) is 6.10. The lowest BCUT2D eigenvalue weighted by atomic mass is 9.96. The summed E-state index contributed by atoms with van der Waals surface area (Å²) in [6.45, 7) is 7.64. The molecule has 0 atom stereocenters. The zero-order valence-electron chi connectivity index (χ0n) is 19.2. The molecule has 8 heteroatoms. The number of amides is 1. The number of benzene rings is 1. The predicted octanol–water partition coefficient (Wildman–Crippen LogP) is 5.04. The number of halogens is 1. The predicted molar refractivity (Wildman–Crippen MR) is 121 cm³/mol. The average molecular weight is 451 g/mol. The number of aryl methyl sites for hydroxylation is 2. The van der Waals surface area contributed by atoms with Gasteiger partial charge in [0.05, 0.1) is 0 Å². The Balaban J connectivity index is 1.46. The summed E-state index contributed by atoms with van der Waals surface area (Å²) in [6.07, 6.45) is 3.71. The van der Waals surface area contributed by atoms with E-state index in [9.17, 15) is 14.0 Å². The van der Waals surface area contributed by atoms with Gasteiger partial charge in [-0.05, 0) is 66.6 Å². The van der Waals surface area contributed by atoms with Crippen molar-refractivity contribution in [3.63, 3.8) is 0 Å². The van der Waals surface area contributed by atoms with Crippen molar-refractivity contribution in [1.82, 2.24) is 15.1 Å². The molecule has 7 nitrogen and oxygen atoms in total. The van der Waals surface area contributed by atoms with Crippen molar-refractivity contribution in [3.05, 3.63) is 59.1 Å². The Hall–Kier alpha value is -3.42. The first-order chi connectivity index (χ1) is 15.6. The Morgan fingerprint density at radius 2 is 1.97 bits per heavy atom. The number of Topliss-reactive ketones (excluding diaryl/α,β-unsaturated/α-hetero) is 1. The number of ketones is 1. The minimum Gasteiger partial charge on any atom is -0.338 e. The molecular weight excluding hydrogens is 423 g/mol. The largest absolute Gasteiger partial charge is 0.338 e. The maximum atomic E-state index is 14.9. The van der Waals surface area contributed by atoms with Crippen LogP contribution in [0.25, 0.3) is 11.1 Å². The Morgan fingerprint density at radius 1 is 1.21 bits per heavy atom. The molecule has 1 N–H and O–H groups in total. The third kappa shape index (κ3) is 5.32. The Labute approximate surface area is 191 Å². The summed E-state index contributed by atoms with van der Waals surface area (Å²) in [5.41, 5.74) is 2.43. The molecule has 0 bridgehead atoms. The molecule has 0 spiro atoms. The van der Waals surface area contributed by atoms with Gasteiger partial charge in [-0.15, -0.1) is 0 Å². The SMILES string of the molecule is Cc1cc(CCC(=O)c2noc(C(C)(C)C)n2)c(F)cc1-c1ccnc(NC(=O)C2CC2)c1. The fourth-order valence-corrected chi connectivity index (χ4v) is 3.49. The van der Waals surface area contributed by atoms with Gasteiger partial charge in [-0.1, -0.05) is 32.0 Å². The molecule has 172 valence electrons. The first-order valence-corrected chi connectivity index (χ1v) is 11.1. The standard InChI is InChI=1S/C25H27FN4O3/c1-14-11-17(7-8-20(31)22-29-24(33-30-22)25(2,3)4)19(26)13-18(14)16-9-10-27-21(12-16)28-23(32)15-5-6-15/h9-13,15H,5-8H2,1-4H3,(H,27,28,32). The number of anilines is 1. The van der Waals surface area contributed by atoms with Crippen LogP contribution in [-0.4, -0.2) is 26.8 Å². The van der Waals surface area contributed by atoms with Gasteiger partial charge in [-0.2, -0.15) is 4.98 Å². The van der Waals surface area contributed by atoms with Crippen LogP contribution in [-0.2, 0) is 16.6 Å². The van der Waals surface area contributed by atoms with Crippen molar-refractivity contribution >= 4 is 17.5 Å². The van der Waals surface area contributed by atoms with Crippen molar-refractivity contribution in [2.45, 2.75) is 58.8 Å². The topological polar surface area (TPSA) is 98.0 Å². The maximum absolute atomic E-state index is 14.9. The van der Waals surface area contributed by atoms with Gasteiger partial charge < -0.3 is 9.84 Å². The van der Waals surface area contributed by atoms with E-state index < -0.39 is 5.82 Å². The zero-order chi connectivity index (χ0) is 23.8. The average Bonchev–Trinajstić information content (AvgIpc) is 3.49. The van der Waals surface area contributed by atoms with Gasteiger partial charge in [0.15, 0.2) is 0 Å². The highest BCUT2D eigenvalue weighted by Crippen LogP contribution is 2.31. The van der Waals surface area contributed by atoms with E-state index in [-0.39, 0.29) is 41.7 Å². The number of aromatic nitrogens is 3. The monoisotopic (exact) mass is 450 g/mol.